The molecular weight excluding hydrogens is 220 g/mol. The number of fused-ring (bicyclic) bond motifs is 1. The molecule has 0 spiro atoms. The minimum absolute atomic E-state index is 0.598. The number of likely N-dealkylation sites (tertiary alicyclic amines) is 1. The van der Waals surface area contributed by atoms with Gasteiger partial charge in [-0.15, -0.1) is 0 Å². The van der Waals surface area contributed by atoms with Crippen molar-refractivity contribution in [3.63, 3.8) is 0 Å². The van der Waals surface area contributed by atoms with E-state index in [0.29, 0.717) is 6.04 Å². The molecule has 1 aliphatic heterocycles. The van der Waals surface area contributed by atoms with Gasteiger partial charge < -0.3 is 5.32 Å². The minimum atomic E-state index is 0.598. The van der Waals surface area contributed by atoms with E-state index >= 15 is 0 Å². The summed E-state index contributed by atoms with van der Waals surface area (Å²) < 4.78 is 0. The summed E-state index contributed by atoms with van der Waals surface area (Å²) in [6, 6.07) is 10.3. The molecule has 0 radical (unpaired) electrons. The summed E-state index contributed by atoms with van der Waals surface area (Å²) in [5, 5.41) is 3.80. The Bertz CT molecular complexity index is 402. The molecule has 1 saturated heterocycles. The van der Waals surface area contributed by atoms with Gasteiger partial charge in [0.15, 0.2) is 0 Å². The first-order chi connectivity index (χ1) is 8.88. The van der Waals surface area contributed by atoms with E-state index in [-0.39, 0.29) is 0 Å². The van der Waals surface area contributed by atoms with Crippen LogP contribution in [0.15, 0.2) is 24.3 Å². The minimum Gasteiger partial charge on any atom is -0.308 e. The predicted octanol–water partition coefficient (Wildman–Crippen LogP) is 2.75. The molecular formula is C16H24N2. The molecule has 3 rings (SSSR count). The molecule has 2 heteroatoms. The molecule has 0 amide bonds. The second-order valence-corrected chi connectivity index (χ2v) is 5.62. The summed E-state index contributed by atoms with van der Waals surface area (Å²) in [6.07, 6.45) is 5.27. The first kappa shape index (κ1) is 12.2. The topological polar surface area (TPSA) is 15.3 Å². The van der Waals surface area contributed by atoms with Gasteiger partial charge >= 0.3 is 0 Å². The largest absolute Gasteiger partial charge is 0.308 e. The lowest BCUT2D eigenvalue weighted by Crippen LogP contribution is -2.38. The summed E-state index contributed by atoms with van der Waals surface area (Å²) in [5.74, 6) is 0. The second-order valence-electron chi connectivity index (χ2n) is 5.62. The van der Waals surface area contributed by atoms with Crippen molar-refractivity contribution in [1.82, 2.24) is 10.2 Å². The average molecular weight is 244 g/mol. The van der Waals surface area contributed by atoms with Gasteiger partial charge in [-0.25, -0.2) is 0 Å². The molecule has 18 heavy (non-hydrogen) atoms. The van der Waals surface area contributed by atoms with E-state index < -0.39 is 0 Å². The molecule has 0 bridgehead atoms. The van der Waals surface area contributed by atoms with Crippen LogP contribution >= 0.6 is 0 Å². The zero-order valence-corrected chi connectivity index (χ0v) is 11.4. The SMILES string of the molecule is CCN1CCCC1CNC1CCc2ccccc21. The monoisotopic (exact) mass is 244 g/mol. The molecule has 1 aromatic carbocycles. The van der Waals surface area contributed by atoms with Gasteiger partial charge in [-0.05, 0) is 49.9 Å². The molecule has 0 saturated carbocycles. The van der Waals surface area contributed by atoms with Crippen molar-refractivity contribution in [1.29, 1.82) is 0 Å². The number of likely N-dealkylation sites (N-methyl/N-ethyl adjacent to an activating group) is 1. The van der Waals surface area contributed by atoms with Crippen molar-refractivity contribution in [3.05, 3.63) is 35.4 Å². The lowest BCUT2D eigenvalue weighted by atomic mass is 10.1. The van der Waals surface area contributed by atoms with Crippen molar-refractivity contribution in [2.24, 2.45) is 0 Å². The highest BCUT2D eigenvalue weighted by atomic mass is 15.2. The fourth-order valence-corrected chi connectivity index (χ4v) is 3.59. The molecule has 2 nitrogen and oxygen atoms in total. The van der Waals surface area contributed by atoms with Crippen LogP contribution in [0.4, 0.5) is 0 Å². The Kier molecular flexibility index (Phi) is 3.67. The fourth-order valence-electron chi connectivity index (χ4n) is 3.59. The van der Waals surface area contributed by atoms with Gasteiger partial charge in [0.05, 0.1) is 0 Å². The van der Waals surface area contributed by atoms with Crippen LogP contribution in [0, 0.1) is 0 Å². The van der Waals surface area contributed by atoms with Crippen molar-refractivity contribution in [2.45, 2.75) is 44.7 Å². The molecule has 2 unspecified atom stereocenters. The Hall–Kier alpha value is -0.860. The first-order valence-corrected chi connectivity index (χ1v) is 7.43. The van der Waals surface area contributed by atoms with E-state index in [4.69, 9.17) is 0 Å². The van der Waals surface area contributed by atoms with E-state index in [9.17, 15) is 0 Å². The number of aryl methyl sites for hydroxylation is 1. The Morgan fingerprint density at radius 1 is 1.28 bits per heavy atom. The number of rotatable bonds is 4. The molecule has 2 aliphatic rings. The van der Waals surface area contributed by atoms with Gasteiger partial charge in [0.2, 0.25) is 0 Å². The Labute approximate surface area is 110 Å². The van der Waals surface area contributed by atoms with E-state index in [1.165, 1.54) is 38.8 Å². The van der Waals surface area contributed by atoms with E-state index in [0.717, 1.165) is 12.6 Å². The summed E-state index contributed by atoms with van der Waals surface area (Å²) in [5.41, 5.74) is 3.09. The number of hydrogen-bond donors (Lipinski definition) is 1. The highest BCUT2D eigenvalue weighted by Gasteiger charge is 2.26. The van der Waals surface area contributed by atoms with Crippen LogP contribution in [0.25, 0.3) is 0 Å². The number of hydrogen-bond acceptors (Lipinski definition) is 2. The van der Waals surface area contributed by atoms with Crippen molar-refractivity contribution in [2.75, 3.05) is 19.6 Å². The molecule has 1 fully saturated rings. The highest BCUT2D eigenvalue weighted by Crippen LogP contribution is 2.31. The van der Waals surface area contributed by atoms with Crippen LogP contribution < -0.4 is 5.32 Å². The molecule has 1 heterocycles. The van der Waals surface area contributed by atoms with Gasteiger partial charge in [0.25, 0.3) is 0 Å². The van der Waals surface area contributed by atoms with Crippen LogP contribution in [0.5, 0.6) is 0 Å². The smallest absolute Gasteiger partial charge is 0.0326 e. The predicted molar refractivity (Wildman–Crippen MR) is 75.8 cm³/mol. The zero-order chi connectivity index (χ0) is 12.4. The third-order valence-corrected chi connectivity index (χ3v) is 4.64. The number of benzene rings is 1. The van der Waals surface area contributed by atoms with Crippen LogP contribution in [0.3, 0.4) is 0 Å². The maximum Gasteiger partial charge on any atom is 0.0326 e. The van der Waals surface area contributed by atoms with Crippen LogP contribution in [-0.2, 0) is 6.42 Å². The third kappa shape index (κ3) is 2.32. The molecule has 2 atom stereocenters. The van der Waals surface area contributed by atoms with E-state index in [2.05, 4.69) is 41.4 Å². The molecule has 0 aromatic heterocycles. The normalized spacial score (nSPS) is 27.6. The summed E-state index contributed by atoms with van der Waals surface area (Å²) in [7, 11) is 0. The third-order valence-electron chi connectivity index (χ3n) is 4.64. The maximum atomic E-state index is 3.80. The molecule has 1 aliphatic carbocycles. The maximum absolute atomic E-state index is 3.80. The number of nitrogens with one attached hydrogen (secondary N) is 1. The van der Waals surface area contributed by atoms with Crippen LogP contribution in [0.1, 0.15) is 43.4 Å². The van der Waals surface area contributed by atoms with Gasteiger partial charge in [0, 0.05) is 18.6 Å². The molecule has 1 aromatic rings. The van der Waals surface area contributed by atoms with Crippen molar-refractivity contribution in [3.8, 4) is 0 Å². The van der Waals surface area contributed by atoms with E-state index in [1.807, 2.05) is 0 Å². The first-order valence-electron chi connectivity index (χ1n) is 7.43. The Morgan fingerprint density at radius 3 is 3.06 bits per heavy atom. The lowest BCUT2D eigenvalue weighted by Gasteiger charge is -2.25. The Morgan fingerprint density at radius 2 is 2.17 bits per heavy atom. The van der Waals surface area contributed by atoms with Gasteiger partial charge in [-0.1, -0.05) is 31.2 Å². The average Bonchev–Trinajstić information content (AvgIpc) is 3.02. The van der Waals surface area contributed by atoms with Gasteiger partial charge in [-0.3, -0.25) is 4.90 Å². The quantitative estimate of drug-likeness (QED) is 0.876. The second kappa shape index (κ2) is 5.41. The fraction of sp³-hybridized carbons (Fsp3) is 0.625. The Balaban J connectivity index is 1.58. The highest BCUT2D eigenvalue weighted by molar-refractivity contribution is 5.34. The zero-order valence-electron chi connectivity index (χ0n) is 11.4. The standard InChI is InChI=1S/C16H24N2/c1-2-18-11-5-7-14(18)12-17-16-10-9-13-6-3-4-8-15(13)16/h3-4,6,8,14,16-17H,2,5,7,9-12H2,1H3. The van der Waals surface area contributed by atoms with E-state index in [1.54, 1.807) is 11.1 Å². The summed E-state index contributed by atoms with van der Waals surface area (Å²) in [4.78, 5) is 2.62. The van der Waals surface area contributed by atoms with Crippen molar-refractivity contribution >= 4 is 0 Å². The van der Waals surface area contributed by atoms with Gasteiger partial charge in [0.1, 0.15) is 0 Å². The number of nitrogens with zero attached hydrogens (tertiary/aromatic N) is 1. The van der Waals surface area contributed by atoms with Crippen LogP contribution in [-0.4, -0.2) is 30.6 Å². The molecule has 98 valence electrons. The van der Waals surface area contributed by atoms with Gasteiger partial charge in [-0.2, -0.15) is 0 Å². The summed E-state index contributed by atoms with van der Waals surface area (Å²) in [6.45, 7) is 5.94. The molecule has 1 N–H and O–H groups in total. The van der Waals surface area contributed by atoms with Crippen molar-refractivity contribution < 1.29 is 0 Å². The lowest BCUT2D eigenvalue weighted by molar-refractivity contribution is 0.253. The van der Waals surface area contributed by atoms with Crippen LogP contribution in [0.2, 0.25) is 0 Å². The summed E-state index contributed by atoms with van der Waals surface area (Å²) >= 11 is 0.